The maximum absolute atomic E-state index is 5.87. The number of thiophene rings is 1. The van der Waals surface area contributed by atoms with Crippen molar-refractivity contribution < 1.29 is 4.52 Å². The number of hydrogen-bond acceptors (Lipinski definition) is 5. The molecule has 0 atom stereocenters. The summed E-state index contributed by atoms with van der Waals surface area (Å²) in [6, 6.07) is 0. The van der Waals surface area contributed by atoms with Crippen molar-refractivity contribution in [2.24, 2.45) is 5.73 Å². The molecular weight excluding hydrogens is 210 g/mol. The van der Waals surface area contributed by atoms with Gasteiger partial charge in [0.1, 0.15) is 0 Å². The lowest BCUT2D eigenvalue weighted by atomic mass is 10.1. The van der Waals surface area contributed by atoms with Crippen LogP contribution in [0.4, 0.5) is 0 Å². The average Bonchev–Trinajstić information content (AvgIpc) is 2.69. The van der Waals surface area contributed by atoms with Crippen molar-refractivity contribution >= 4 is 11.3 Å². The third kappa shape index (κ3) is 1.93. The van der Waals surface area contributed by atoms with Crippen molar-refractivity contribution in [3.05, 3.63) is 22.2 Å². The minimum atomic E-state index is -0.588. The van der Waals surface area contributed by atoms with E-state index < -0.39 is 5.54 Å². The summed E-state index contributed by atoms with van der Waals surface area (Å²) in [7, 11) is 0. The van der Waals surface area contributed by atoms with Gasteiger partial charge in [-0.1, -0.05) is 5.16 Å². The first-order valence-corrected chi connectivity index (χ1v) is 5.59. The van der Waals surface area contributed by atoms with Crippen LogP contribution in [0.5, 0.6) is 0 Å². The van der Waals surface area contributed by atoms with Crippen molar-refractivity contribution in [1.29, 1.82) is 0 Å². The molecule has 0 fully saturated rings. The zero-order valence-electron chi connectivity index (χ0n) is 8.94. The Hall–Kier alpha value is -1.20. The third-order valence-corrected chi connectivity index (χ3v) is 2.94. The van der Waals surface area contributed by atoms with Gasteiger partial charge in [0.05, 0.1) is 5.54 Å². The van der Waals surface area contributed by atoms with Crippen molar-refractivity contribution in [1.82, 2.24) is 10.1 Å². The van der Waals surface area contributed by atoms with E-state index in [-0.39, 0.29) is 0 Å². The molecule has 0 spiro atoms. The third-order valence-electron chi connectivity index (χ3n) is 2.07. The Morgan fingerprint density at radius 3 is 2.60 bits per heavy atom. The van der Waals surface area contributed by atoms with Gasteiger partial charge in [0.15, 0.2) is 0 Å². The largest absolute Gasteiger partial charge is 0.337 e. The Morgan fingerprint density at radius 1 is 1.40 bits per heavy atom. The summed E-state index contributed by atoms with van der Waals surface area (Å²) >= 11 is 1.62. The molecule has 0 aliphatic carbocycles. The van der Waals surface area contributed by atoms with Crippen LogP contribution in [0.2, 0.25) is 0 Å². The second-order valence-corrected chi connectivity index (χ2v) is 4.86. The molecular formula is C10H13N3OS. The highest BCUT2D eigenvalue weighted by Gasteiger charge is 2.23. The van der Waals surface area contributed by atoms with Crippen LogP contribution >= 0.6 is 11.3 Å². The van der Waals surface area contributed by atoms with Crippen LogP contribution in [0.15, 0.2) is 15.3 Å². The van der Waals surface area contributed by atoms with Gasteiger partial charge in [-0.25, -0.2) is 0 Å². The Morgan fingerprint density at radius 2 is 2.13 bits per heavy atom. The van der Waals surface area contributed by atoms with Crippen LogP contribution in [-0.4, -0.2) is 10.1 Å². The molecule has 2 aromatic rings. The molecule has 15 heavy (non-hydrogen) atoms. The van der Waals surface area contributed by atoms with Gasteiger partial charge in [-0.15, -0.1) is 0 Å². The predicted octanol–water partition coefficient (Wildman–Crippen LogP) is 2.30. The van der Waals surface area contributed by atoms with E-state index in [1.807, 2.05) is 26.2 Å². The van der Waals surface area contributed by atoms with Gasteiger partial charge in [0.2, 0.25) is 11.7 Å². The first kappa shape index (κ1) is 10.3. The highest BCUT2D eigenvalue weighted by Crippen LogP contribution is 2.25. The molecule has 80 valence electrons. The normalized spacial score (nSPS) is 12.0. The van der Waals surface area contributed by atoms with Crippen LogP contribution in [-0.2, 0) is 5.54 Å². The highest BCUT2D eigenvalue weighted by molar-refractivity contribution is 7.08. The molecule has 5 heteroatoms. The van der Waals surface area contributed by atoms with Crippen LogP contribution < -0.4 is 5.73 Å². The van der Waals surface area contributed by atoms with Crippen molar-refractivity contribution in [2.75, 3.05) is 0 Å². The maximum Gasteiger partial charge on any atom is 0.246 e. The maximum atomic E-state index is 5.87. The van der Waals surface area contributed by atoms with Crippen molar-refractivity contribution in [2.45, 2.75) is 26.3 Å². The number of nitrogens with zero attached hydrogens (tertiary/aromatic N) is 2. The van der Waals surface area contributed by atoms with Gasteiger partial charge in [-0.2, -0.15) is 16.3 Å². The quantitative estimate of drug-likeness (QED) is 0.848. The fraction of sp³-hybridized carbons (Fsp3) is 0.400. The number of aromatic nitrogens is 2. The summed E-state index contributed by atoms with van der Waals surface area (Å²) in [5.41, 5.74) is 7.45. The summed E-state index contributed by atoms with van der Waals surface area (Å²) in [5, 5.41) is 7.99. The average molecular weight is 223 g/mol. The van der Waals surface area contributed by atoms with Gasteiger partial charge >= 0.3 is 0 Å². The van der Waals surface area contributed by atoms with Gasteiger partial charge in [-0.3, -0.25) is 0 Å². The molecule has 0 radical (unpaired) electrons. The number of nitrogens with two attached hydrogens (primary N) is 1. The van der Waals surface area contributed by atoms with Crippen LogP contribution in [0.3, 0.4) is 0 Å². The summed E-state index contributed by atoms with van der Waals surface area (Å²) in [6.45, 7) is 5.70. The zero-order chi connectivity index (χ0) is 11.1. The summed E-state index contributed by atoms with van der Waals surface area (Å²) in [5.74, 6) is 1.07. The van der Waals surface area contributed by atoms with E-state index >= 15 is 0 Å². The molecule has 0 aliphatic rings. The molecule has 0 unspecified atom stereocenters. The summed E-state index contributed by atoms with van der Waals surface area (Å²) in [4.78, 5) is 4.29. The van der Waals surface area contributed by atoms with E-state index in [0.29, 0.717) is 11.7 Å². The van der Waals surface area contributed by atoms with E-state index in [2.05, 4.69) is 15.5 Å². The molecule has 2 heterocycles. The first-order valence-electron chi connectivity index (χ1n) is 4.64. The van der Waals surface area contributed by atoms with Gasteiger partial charge in [0.25, 0.3) is 0 Å². The topological polar surface area (TPSA) is 64.9 Å². The highest BCUT2D eigenvalue weighted by atomic mass is 32.1. The molecule has 0 bridgehead atoms. The van der Waals surface area contributed by atoms with E-state index in [1.54, 1.807) is 11.3 Å². The monoisotopic (exact) mass is 223 g/mol. The fourth-order valence-electron chi connectivity index (χ4n) is 1.18. The minimum Gasteiger partial charge on any atom is -0.337 e. The molecule has 0 saturated carbocycles. The molecule has 0 aliphatic heterocycles. The molecule has 2 rings (SSSR count). The smallest absolute Gasteiger partial charge is 0.246 e. The van der Waals surface area contributed by atoms with Gasteiger partial charge in [-0.05, 0) is 31.7 Å². The standard InChI is InChI=1S/C10H13N3OS/c1-6-4-15-5-7(6)8-12-9(14-13-8)10(2,3)11/h4-5H,11H2,1-3H3. The second kappa shape index (κ2) is 3.43. The molecule has 4 nitrogen and oxygen atoms in total. The molecule has 2 aromatic heterocycles. The summed E-state index contributed by atoms with van der Waals surface area (Å²) < 4.78 is 5.13. The SMILES string of the molecule is Cc1cscc1-c1noc(C(C)(C)N)n1. The van der Waals surface area contributed by atoms with Crippen molar-refractivity contribution in [3.8, 4) is 11.4 Å². The number of hydrogen-bond donors (Lipinski definition) is 1. The predicted molar refractivity (Wildman–Crippen MR) is 59.6 cm³/mol. The lowest BCUT2D eigenvalue weighted by molar-refractivity contribution is 0.312. The fourth-order valence-corrected chi connectivity index (χ4v) is 2.01. The second-order valence-electron chi connectivity index (χ2n) is 4.11. The molecule has 0 saturated heterocycles. The molecule has 2 N–H and O–H groups in total. The Kier molecular flexibility index (Phi) is 2.36. The Bertz CT molecular complexity index is 467. The van der Waals surface area contributed by atoms with Crippen LogP contribution in [0.25, 0.3) is 11.4 Å². The Balaban J connectivity index is 2.41. The van der Waals surface area contributed by atoms with Crippen LogP contribution in [0, 0.1) is 6.92 Å². The van der Waals surface area contributed by atoms with Crippen LogP contribution in [0.1, 0.15) is 25.3 Å². The minimum absolute atomic E-state index is 0.461. The van der Waals surface area contributed by atoms with Crippen molar-refractivity contribution in [3.63, 3.8) is 0 Å². The summed E-state index contributed by atoms with van der Waals surface area (Å²) in [6.07, 6.45) is 0. The van der Waals surface area contributed by atoms with E-state index in [0.717, 1.165) is 11.1 Å². The molecule has 0 aromatic carbocycles. The van der Waals surface area contributed by atoms with Gasteiger partial charge in [0, 0.05) is 10.9 Å². The lowest BCUT2D eigenvalue weighted by Crippen LogP contribution is -2.28. The Labute approximate surface area is 92.1 Å². The van der Waals surface area contributed by atoms with E-state index in [1.165, 1.54) is 0 Å². The first-order chi connectivity index (χ1) is 6.98. The van der Waals surface area contributed by atoms with E-state index in [4.69, 9.17) is 10.3 Å². The van der Waals surface area contributed by atoms with Gasteiger partial charge < -0.3 is 10.3 Å². The molecule has 0 amide bonds. The lowest BCUT2D eigenvalue weighted by Gasteiger charge is -2.10. The zero-order valence-corrected chi connectivity index (χ0v) is 9.76. The number of rotatable bonds is 2. The number of aryl methyl sites for hydroxylation is 1. The van der Waals surface area contributed by atoms with E-state index in [9.17, 15) is 0 Å².